The summed E-state index contributed by atoms with van der Waals surface area (Å²) in [7, 11) is 3.01. The lowest BCUT2D eigenvalue weighted by Crippen LogP contribution is -2.10. The standard InChI is InChI=1S/C20H16N2O6S/c1-24-14-6-4-11-16(17(14)25-2)19(23)28-18(11)22-20-21-12(8-29-20)10-3-5-13-15(7-10)27-9-26-13/h3-8,18H,9H2,1-2H3,(H,21,22). The van der Waals surface area contributed by atoms with E-state index in [0.29, 0.717) is 33.5 Å². The number of rotatable bonds is 5. The fraction of sp³-hybridized carbons (Fsp3) is 0.200. The zero-order valence-electron chi connectivity index (χ0n) is 15.6. The number of cyclic esters (lactones) is 1. The van der Waals surface area contributed by atoms with Crippen molar-refractivity contribution in [3.63, 3.8) is 0 Å². The third kappa shape index (κ3) is 2.90. The van der Waals surface area contributed by atoms with E-state index >= 15 is 0 Å². The highest BCUT2D eigenvalue weighted by molar-refractivity contribution is 7.14. The number of carbonyl (C=O) groups excluding carboxylic acids is 1. The van der Waals surface area contributed by atoms with Gasteiger partial charge in [-0.2, -0.15) is 0 Å². The molecule has 8 nitrogen and oxygen atoms in total. The molecule has 0 saturated heterocycles. The number of hydrogen-bond acceptors (Lipinski definition) is 9. The molecule has 1 unspecified atom stereocenters. The summed E-state index contributed by atoms with van der Waals surface area (Å²) >= 11 is 1.42. The molecular formula is C20H16N2O6S. The predicted octanol–water partition coefficient (Wildman–Crippen LogP) is 3.84. The third-order valence-corrected chi connectivity index (χ3v) is 5.49. The molecule has 148 valence electrons. The molecule has 3 aromatic rings. The minimum Gasteiger partial charge on any atom is -0.493 e. The van der Waals surface area contributed by atoms with Crippen LogP contribution in [0.25, 0.3) is 11.3 Å². The van der Waals surface area contributed by atoms with Crippen LogP contribution in [-0.2, 0) is 4.74 Å². The summed E-state index contributed by atoms with van der Waals surface area (Å²) in [5, 5.41) is 5.72. The maximum Gasteiger partial charge on any atom is 0.344 e. The number of hydrogen-bond donors (Lipinski definition) is 1. The number of benzene rings is 2. The highest BCUT2D eigenvalue weighted by Gasteiger charge is 2.36. The van der Waals surface area contributed by atoms with Crippen LogP contribution in [0.4, 0.5) is 5.13 Å². The molecule has 1 aromatic heterocycles. The molecule has 0 aliphatic carbocycles. The van der Waals surface area contributed by atoms with Crippen LogP contribution >= 0.6 is 11.3 Å². The van der Waals surface area contributed by atoms with Crippen molar-refractivity contribution >= 4 is 22.4 Å². The quantitative estimate of drug-likeness (QED) is 0.633. The van der Waals surface area contributed by atoms with Gasteiger partial charge in [0.05, 0.1) is 19.9 Å². The van der Waals surface area contributed by atoms with E-state index in [9.17, 15) is 4.79 Å². The van der Waals surface area contributed by atoms with E-state index in [1.54, 1.807) is 12.1 Å². The van der Waals surface area contributed by atoms with Crippen LogP contribution in [0.2, 0.25) is 0 Å². The van der Waals surface area contributed by atoms with Gasteiger partial charge < -0.3 is 29.0 Å². The van der Waals surface area contributed by atoms with Crippen LogP contribution in [-0.4, -0.2) is 32.0 Å². The van der Waals surface area contributed by atoms with Crippen LogP contribution in [0, 0.1) is 0 Å². The Balaban J connectivity index is 1.41. The van der Waals surface area contributed by atoms with Gasteiger partial charge in [0, 0.05) is 16.5 Å². The van der Waals surface area contributed by atoms with Gasteiger partial charge in [0.1, 0.15) is 5.56 Å². The normalized spacial score (nSPS) is 16.3. The molecule has 29 heavy (non-hydrogen) atoms. The van der Waals surface area contributed by atoms with Crippen LogP contribution in [0.1, 0.15) is 22.1 Å². The fourth-order valence-corrected chi connectivity index (χ4v) is 4.09. The van der Waals surface area contributed by atoms with E-state index in [1.165, 1.54) is 25.6 Å². The second-order valence-corrected chi connectivity index (χ2v) is 7.16. The van der Waals surface area contributed by atoms with E-state index in [2.05, 4.69) is 10.3 Å². The summed E-state index contributed by atoms with van der Waals surface area (Å²) in [6.45, 7) is 0.226. The van der Waals surface area contributed by atoms with E-state index < -0.39 is 12.2 Å². The first-order chi connectivity index (χ1) is 14.2. The van der Waals surface area contributed by atoms with Gasteiger partial charge in [-0.15, -0.1) is 11.3 Å². The molecule has 0 saturated carbocycles. The second kappa shape index (κ2) is 6.85. The molecule has 0 radical (unpaired) electrons. The molecule has 9 heteroatoms. The van der Waals surface area contributed by atoms with Gasteiger partial charge in [0.2, 0.25) is 13.0 Å². The van der Waals surface area contributed by atoms with Gasteiger partial charge >= 0.3 is 5.97 Å². The maximum absolute atomic E-state index is 12.4. The predicted molar refractivity (Wildman–Crippen MR) is 105 cm³/mol. The molecule has 1 atom stereocenters. The molecule has 2 aliphatic heterocycles. The Bertz CT molecular complexity index is 1110. The van der Waals surface area contributed by atoms with E-state index in [1.807, 2.05) is 23.6 Å². The monoisotopic (exact) mass is 412 g/mol. The molecule has 2 aliphatic rings. The lowest BCUT2D eigenvalue weighted by molar-refractivity contribution is 0.0435. The largest absolute Gasteiger partial charge is 0.493 e. The van der Waals surface area contributed by atoms with Crippen molar-refractivity contribution in [3.8, 4) is 34.3 Å². The van der Waals surface area contributed by atoms with Crippen LogP contribution < -0.4 is 24.3 Å². The van der Waals surface area contributed by atoms with Crippen molar-refractivity contribution in [2.24, 2.45) is 0 Å². The first kappa shape index (κ1) is 17.6. The number of nitrogens with one attached hydrogen (secondary N) is 1. The Morgan fingerprint density at radius 1 is 1.14 bits per heavy atom. The first-order valence-electron chi connectivity index (χ1n) is 8.76. The Morgan fingerprint density at radius 2 is 2.00 bits per heavy atom. The second-order valence-electron chi connectivity index (χ2n) is 6.30. The number of esters is 1. The Hall–Kier alpha value is -3.46. The topological polar surface area (TPSA) is 88.1 Å². The summed E-state index contributed by atoms with van der Waals surface area (Å²) in [6, 6.07) is 9.20. The number of anilines is 1. The van der Waals surface area contributed by atoms with Crippen LogP contribution in [0.15, 0.2) is 35.7 Å². The zero-order chi connectivity index (χ0) is 20.0. The number of ether oxygens (including phenoxy) is 5. The van der Waals surface area contributed by atoms with Gasteiger partial charge in [-0.3, -0.25) is 0 Å². The number of aromatic nitrogens is 1. The van der Waals surface area contributed by atoms with Crippen LogP contribution in [0.5, 0.6) is 23.0 Å². The lowest BCUT2D eigenvalue weighted by Gasteiger charge is -2.13. The smallest absolute Gasteiger partial charge is 0.344 e. The number of carbonyl (C=O) groups is 1. The molecular weight excluding hydrogens is 396 g/mol. The molecule has 0 fully saturated rings. The van der Waals surface area contributed by atoms with Crippen molar-refractivity contribution in [3.05, 3.63) is 46.8 Å². The van der Waals surface area contributed by atoms with E-state index in [0.717, 1.165) is 17.0 Å². The van der Waals surface area contributed by atoms with Crippen molar-refractivity contribution in [2.45, 2.75) is 6.23 Å². The minimum absolute atomic E-state index is 0.226. The zero-order valence-corrected chi connectivity index (χ0v) is 16.4. The van der Waals surface area contributed by atoms with Gasteiger partial charge in [-0.1, -0.05) is 0 Å². The number of nitrogens with zero attached hydrogens (tertiary/aromatic N) is 1. The molecule has 3 heterocycles. The Labute approximate surface area is 169 Å². The number of thiazole rings is 1. The molecule has 5 rings (SSSR count). The summed E-state index contributed by atoms with van der Waals surface area (Å²) in [5.41, 5.74) is 2.73. The fourth-order valence-electron chi connectivity index (χ4n) is 3.35. The molecule has 1 N–H and O–H groups in total. The molecule has 0 bridgehead atoms. The highest BCUT2D eigenvalue weighted by atomic mass is 32.1. The molecule has 2 aromatic carbocycles. The number of methoxy groups -OCH3 is 2. The minimum atomic E-state index is -0.659. The molecule has 0 spiro atoms. The van der Waals surface area contributed by atoms with Gasteiger partial charge in [0.25, 0.3) is 0 Å². The average molecular weight is 412 g/mol. The summed E-state index contributed by atoms with van der Waals surface area (Å²) in [4.78, 5) is 17.0. The van der Waals surface area contributed by atoms with Crippen LogP contribution in [0.3, 0.4) is 0 Å². The van der Waals surface area contributed by atoms with Gasteiger partial charge in [-0.05, 0) is 30.3 Å². The van der Waals surface area contributed by atoms with Crippen molar-refractivity contribution in [1.29, 1.82) is 0 Å². The highest BCUT2D eigenvalue weighted by Crippen LogP contribution is 2.43. The van der Waals surface area contributed by atoms with Crippen molar-refractivity contribution in [1.82, 2.24) is 4.98 Å². The summed E-state index contributed by atoms with van der Waals surface area (Å²) < 4.78 is 26.9. The Morgan fingerprint density at radius 3 is 2.83 bits per heavy atom. The van der Waals surface area contributed by atoms with E-state index in [-0.39, 0.29) is 6.79 Å². The third-order valence-electron chi connectivity index (χ3n) is 4.72. The van der Waals surface area contributed by atoms with Crippen molar-refractivity contribution < 1.29 is 28.5 Å². The average Bonchev–Trinajstić information content (AvgIpc) is 3.46. The van der Waals surface area contributed by atoms with E-state index in [4.69, 9.17) is 23.7 Å². The molecule has 0 amide bonds. The Kier molecular flexibility index (Phi) is 4.17. The summed E-state index contributed by atoms with van der Waals surface area (Å²) in [5.74, 6) is 1.79. The lowest BCUT2D eigenvalue weighted by atomic mass is 10.1. The SMILES string of the molecule is COc1ccc2c(c1OC)C(=O)OC2Nc1nc(-c2ccc3c(c2)OCO3)cs1. The summed E-state index contributed by atoms with van der Waals surface area (Å²) in [6.07, 6.45) is -0.659. The number of fused-ring (bicyclic) bond motifs is 2. The van der Waals surface area contributed by atoms with Crippen molar-refractivity contribution in [2.75, 3.05) is 26.3 Å². The first-order valence-corrected chi connectivity index (χ1v) is 9.64. The maximum atomic E-state index is 12.4. The van der Waals surface area contributed by atoms with Gasteiger partial charge in [-0.25, -0.2) is 9.78 Å². The van der Waals surface area contributed by atoms with Gasteiger partial charge in [0.15, 0.2) is 28.1 Å².